The van der Waals surface area contributed by atoms with Crippen LogP contribution in [0.4, 0.5) is 5.69 Å². The average molecular weight is 285 g/mol. The van der Waals surface area contributed by atoms with Gasteiger partial charge in [-0.15, -0.1) is 0 Å². The van der Waals surface area contributed by atoms with Gasteiger partial charge in [-0.3, -0.25) is 4.79 Å². The molecule has 3 rings (SSSR count). The van der Waals surface area contributed by atoms with Gasteiger partial charge in [-0.2, -0.15) is 0 Å². The molecule has 5 heteroatoms. The molecular formula is C16H19N3O2. The van der Waals surface area contributed by atoms with Crippen LogP contribution in [0.15, 0.2) is 41.1 Å². The first kappa shape index (κ1) is 13.7. The van der Waals surface area contributed by atoms with Crippen LogP contribution in [0.5, 0.6) is 0 Å². The van der Waals surface area contributed by atoms with E-state index < -0.39 is 0 Å². The molecule has 2 aromatic heterocycles. The average Bonchev–Trinajstić information content (AvgIpc) is 3.18. The van der Waals surface area contributed by atoms with E-state index in [0.29, 0.717) is 17.9 Å². The molecule has 1 aliphatic rings. The number of nitrogens with zero attached hydrogens (tertiary/aromatic N) is 2. The van der Waals surface area contributed by atoms with Gasteiger partial charge >= 0.3 is 0 Å². The Hall–Kier alpha value is -2.30. The summed E-state index contributed by atoms with van der Waals surface area (Å²) in [6.07, 6.45) is 7.60. The minimum absolute atomic E-state index is 0.114. The van der Waals surface area contributed by atoms with Gasteiger partial charge in [-0.05, 0) is 37.1 Å². The van der Waals surface area contributed by atoms with E-state index in [1.807, 2.05) is 17.0 Å². The Morgan fingerprint density at radius 1 is 1.33 bits per heavy atom. The van der Waals surface area contributed by atoms with Crippen LogP contribution in [0, 0.1) is 0 Å². The van der Waals surface area contributed by atoms with Crippen molar-refractivity contribution in [1.82, 2.24) is 9.88 Å². The number of hydrogen-bond acceptors (Lipinski definition) is 4. The minimum Gasteiger partial charge on any atom is -0.467 e. The third-order valence-corrected chi connectivity index (χ3v) is 3.97. The molecule has 0 aromatic carbocycles. The highest BCUT2D eigenvalue weighted by atomic mass is 16.3. The topological polar surface area (TPSA) is 72.4 Å². The second kappa shape index (κ2) is 5.99. The van der Waals surface area contributed by atoms with Crippen LogP contribution in [0.2, 0.25) is 0 Å². The number of carbonyl (C=O) groups excluding carboxylic acids is 1. The normalized spacial score (nSPS) is 15.2. The highest BCUT2D eigenvalue weighted by Gasteiger charge is 2.29. The molecule has 1 amide bonds. The Balaban J connectivity index is 1.87. The Morgan fingerprint density at radius 3 is 2.81 bits per heavy atom. The Kier molecular flexibility index (Phi) is 3.90. The molecule has 21 heavy (non-hydrogen) atoms. The highest BCUT2D eigenvalue weighted by Crippen LogP contribution is 2.27. The second-order valence-corrected chi connectivity index (χ2v) is 5.39. The molecule has 0 spiro atoms. The summed E-state index contributed by atoms with van der Waals surface area (Å²) < 4.78 is 5.39. The van der Waals surface area contributed by atoms with Crippen molar-refractivity contribution < 1.29 is 9.21 Å². The zero-order chi connectivity index (χ0) is 14.7. The fourth-order valence-electron chi connectivity index (χ4n) is 2.89. The lowest BCUT2D eigenvalue weighted by Gasteiger charge is -2.28. The predicted molar refractivity (Wildman–Crippen MR) is 79.5 cm³/mol. The number of furan rings is 1. The molecule has 2 N–H and O–H groups in total. The van der Waals surface area contributed by atoms with Crippen molar-refractivity contribution in [3.63, 3.8) is 0 Å². The van der Waals surface area contributed by atoms with Gasteiger partial charge in [0.1, 0.15) is 5.76 Å². The summed E-state index contributed by atoms with van der Waals surface area (Å²) in [5.41, 5.74) is 6.65. The number of nitrogens with two attached hydrogens (primary N) is 1. The van der Waals surface area contributed by atoms with Gasteiger partial charge in [0.2, 0.25) is 0 Å². The summed E-state index contributed by atoms with van der Waals surface area (Å²) >= 11 is 0. The third-order valence-electron chi connectivity index (χ3n) is 3.97. The second-order valence-electron chi connectivity index (χ2n) is 5.39. The van der Waals surface area contributed by atoms with E-state index in [9.17, 15) is 4.79 Å². The maximum Gasteiger partial charge on any atom is 0.275 e. The SMILES string of the molecule is Nc1cccnc1C(=O)N(Cc1ccco1)C1CCCC1. The van der Waals surface area contributed by atoms with Crippen LogP contribution in [0.25, 0.3) is 0 Å². The Morgan fingerprint density at radius 2 is 2.14 bits per heavy atom. The zero-order valence-electron chi connectivity index (χ0n) is 11.9. The molecule has 1 fully saturated rings. The molecule has 110 valence electrons. The van der Waals surface area contributed by atoms with E-state index in [2.05, 4.69) is 4.98 Å². The minimum atomic E-state index is -0.114. The van der Waals surface area contributed by atoms with Gasteiger partial charge in [0, 0.05) is 12.2 Å². The fourth-order valence-corrected chi connectivity index (χ4v) is 2.89. The van der Waals surface area contributed by atoms with Gasteiger partial charge in [-0.25, -0.2) is 4.98 Å². The molecular weight excluding hydrogens is 266 g/mol. The van der Waals surface area contributed by atoms with Crippen molar-refractivity contribution in [2.24, 2.45) is 0 Å². The maximum absolute atomic E-state index is 12.8. The summed E-state index contributed by atoms with van der Waals surface area (Å²) in [6, 6.07) is 7.40. The van der Waals surface area contributed by atoms with Crippen molar-refractivity contribution in [2.45, 2.75) is 38.3 Å². The van der Waals surface area contributed by atoms with E-state index >= 15 is 0 Å². The number of hydrogen-bond donors (Lipinski definition) is 1. The number of rotatable bonds is 4. The van der Waals surface area contributed by atoms with E-state index in [1.165, 1.54) is 0 Å². The third kappa shape index (κ3) is 2.91. The molecule has 0 radical (unpaired) electrons. The number of pyridine rings is 1. The molecule has 0 bridgehead atoms. The molecule has 0 unspecified atom stereocenters. The van der Waals surface area contributed by atoms with Gasteiger partial charge in [-0.1, -0.05) is 12.8 Å². The summed E-state index contributed by atoms with van der Waals surface area (Å²) in [5, 5.41) is 0. The van der Waals surface area contributed by atoms with Crippen LogP contribution in [-0.2, 0) is 6.54 Å². The first-order chi connectivity index (χ1) is 10.3. The maximum atomic E-state index is 12.8. The molecule has 1 saturated carbocycles. The fraction of sp³-hybridized carbons (Fsp3) is 0.375. The molecule has 1 aliphatic carbocycles. The zero-order valence-corrected chi connectivity index (χ0v) is 11.9. The summed E-state index contributed by atoms with van der Waals surface area (Å²) in [5.74, 6) is 0.668. The van der Waals surface area contributed by atoms with Gasteiger partial charge < -0.3 is 15.1 Å². The van der Waals surface area contributed by atoms with Gasteiger partial charge in [0.15, 0.2) is 5.69 Å². The Bertz CT molecular complexity index is 604. The van der Waals surface area contributed by atoms with Crippen molar-refractivity contribution in [2.75, 3.05) is 5.73 Å². The van der Waals surface area contributed by atoms with Crippen LogP contribution in [0.3, 0.4) is 0 Å². The van der Waals surface area contributed by atoms with E-state index in [1.54, 1.807) is 24.6 Å². The van der Waals surface area contributed by atoms with Gasteiger partial charge in [0.05, 0.1) is 18.5 Å². The standard InChI is InChI=1S/C16H19N3O2/c17-14-8-3-9-18-15(14)16(20)19(12-5-1-2-6-12)11-13-7-4-10-21-13/h3-4,7-10,12H,1-2,5-6,11,17H2. The van der Waals surface area contributed by atoms with Crippen LogP contribution < -0.4 is 5.73 Å². The molecule has 0 atom stereocenters. The van der Waals surface area contributed by atoms with Crippen molar-refractivity contribution >= 4 is 11.6 Å². The van der Waals surface area contributed by atoms with Crippen LogP contribution >= 0.6 is 0 Å². The predicted octanol–water partition coefficient (Wildman–Crippen LogP) is 2.84. The van der Waals surface area contributed by atoms with Crippen LogP contribution in [-0.4, -0.2) is 21.8 Å². The van der Waals surface area contributed by atoms with Crippen molar-refractivity contribution in [3.8, 4) is 0 Å². The number of carbonyl (C=O) groups is 1. The van der Waals surface area contributed by atoms with Crippen molar-refractivity contribution in [1.29, 1.82) is 0 Å². The number of anilines is 1. The lowest BCUT2D eigenvalue weighted by Crippen LogP contribution is -2.39. The Labute approximate surface area is 123 Å². The summed E-state index contributed by atoms with van der Waals surface area (Å²) in [4.78, 5) is 18.8. The molecule has 0 aliphatic heterocycles. The quantitative estimate of drug-likeness (QED) is 0.937. The number of amides is 1. The van der Waals surface area contributed by atoms with Crippen LogP contribution in [0.1, 0.15) is 41.9 Å². The monoisotopic (exact) mass is 285 g/mol. The first-order valence-corrected chi connectivity index (χ1v) is 7.29. The molecule has 2 heterocycles. The lowest BCUT2D eigenvalue weighted by molar-refractivity contribution is 0.0644. The van der Waals surface area contributed by atoms with Crippen molar-refractivity contribution in [3.05, 3.63) is 48.2 Å². The summed E-state index contributed by atoms with van der Waals surface area (Å²) in [6.45, 7) is 0.465. The molecule has 2 aromatic rings. The van der Waals surface area contributed by atoms with Gasteiger partial charge in [0.25, 0.3) is 5.91 Å². The van der Waals surface area contributed by atoms with E-state index in [4.69, 9.17) is 10.2 Å². The largest absolute Gasteiger partial charge is 0.467 e. The smallest absolute Gasteiger partial charge is 0.275 e. The van der Waals surface area contributed by atoms with E-state index in [-0.39, 0.29) is 11.9 Å². The highest BCUT2D eigenvalue weighted by molar-refractivity contribution is 5.97. The number of nitrogen functional groups attached to an aromatic ring is 1. The van der Waals surface area contributed by atoms with E-state index in [0.717, 1.165) is 31.4 Å². The molecule has 0 saturated heterocycles. The summed E-state index contributed by atoms with van der Waals surface area (Å²) in [7, 11) is 0. The first-order valence-electron chi connectivity index (χ1n) is 7.29. The number of aromatic nitrogens is 1. The lowest BCUT2D eigenvalue weighted by atomic mass is 10.1. The molecule has 5 nitrogen and oxygen atoms in total.